The Hall–Kier alpha value is -2.10. The first-order valence-electron chi connectivity index (χ1n) is 10.4. The second kappa shape index (κ2) is 9.40. The standard InChI is InChI=1S/C22H32N4O2/c1-4-7-26-17(2)13-19(18(26)3)14-20(15-23)22(27)25-10-8-24(9-11-25)16-21-6-5-12-28-21/h13-14,21H,4-12,16H2,1-3H3/b20-14-. The van der Waals surface area contributed by atoms with Crippen molar-refractivity contribution in [2.45, 2.75) is 52.7 Å². The highest BCUT2D eigenvalue weighted by atomic mass is 16.5. The fourth-order valence-electron chi connectivity index (χ4n) is 4.22. The minimum atomic E-state index is -0.153. The molecule has 3 rings (SSSR count). The van der Waals surface area contributed by atoms with Crippen LogP contribution in [0, 0.1) is 25.2 Å². The first kappa shape index (κ1) is 20.6. The fraction of sp³-hybridized carbons (Fsp3) is 0.636. The van der Waals surface area contributed by atoms with E-state index in [9.17, 15) is 10.1 Å². The third-order valence-electron chi connectivity index (χ3n) is 5.86. The number of aromatic nitrogens is 1. The van der Waals surface area contributed by atoms with Gasteiger partial charge < -0.3 is 14.2 Å². The maximum Gasteiger partial charge on any atom is 0.264 e. The zero-order chi connectivity index (χ0) is 20.1. The Labute approximate surface area is 168 Å². The van der Waals surface area contributed by atoms with E-state index in [4.69, 9.17) is 4.74 Å². The SMILES string of the molecule is CCCn1c(C)cc(/C=C(/C#N)C(=O)N2CCN(CC3CCCO3)CC2)c1C. The Morgan fingerprint density at radius 1 is 1.32 bits per heavy atom. The number of aryl methyl sites for hydroxylation is 1. The highest BCUT2D eigenvalue weighted by Crippen LogP contribution is 2.20. The van der Waals surface area contributed by atoms with E-state index in [1.54, 1.807) is 6.08 Å². The molecule has 2 aliphatic rings. The molecule has 3 heterocycles. The van der Waals surface area contributed by atoms with Crippen molar-refractivity contribution in [1.82, 2.24) is 14.4 Å². The second-order valence-electron chi connectivity index (χ2n) is 7.88. The summed E-state index contributed by atoms with van der Waals surface area (Å²) in [5.74, 6) is -0.153. The molecule has 28 heavy (non-hydrogen) atoms. The first-order chi connectivity index (χ1) is 13.5. The molecule has 2 fully saturated rings. The quantitative estimate of drug-likeness (QED) is 0.559. The molecule has 152 valence electrons. The van der Waals surface area contributed by atoms with Gasteiger partial charge in [-0.05, 0) is 50.8 Å². The van der Waals surface area contributed by atoms with Gasteiger partial charge in [0.2, 0.25) is 0 Å². The molecule has 1 aromatic heterocycles. The summed E-state index contributed by atoms with van der Waals surface area (Å²) < 4.78 is 7.96. The largest absolute Gasteiger partial charge is 0.377 e. The molecule has 0 saturated carbocycles. The molecule has 2 aliphatic heterocycles. The minimum absolute atomic E-state index is 0.153. The Bertz CT molecular complexity index is 760. The molecular formula is C22H32N4O2. The van der Waals surface area contributed by atoms with Gasteiger partial charge in [-0.3, -0.25) is 9.69 Å². The van der Waals surface area contributed by atoms with Crippen molar-refractivity contribution in [1.29, 1.82) is 5.26 Å². The van der Waals surface area contributed by atoms with E-state index in [2.05, 4.69) is 42.4 Å². The summed E-state index contributed by atoms with van der Waals surface area (Å²) in [5, 5.41) is 9.60. The summed E-state index contributed by atoms with van der Waals surface area (Å²) in [5.41, 5.74) is 3.47. The van der Waals surface area contributed by atoms with E-state index < -0.39 is 0 Å². The van der Waals surface area contributed by atoms with Gasteiger partial charge in [-0.2, -0.15) is 5.26 Å². The number of ether oxygens (including phenoxy) is 1. The van der Waals surface area contributed by atoms with Crippen LogP contribution in [0.3, 0.4) is 0 Å². The predicted octanol–water partition coefficient (Wildman–Crippen LogP) is 2.75. The fourth-order valence-corrected chi connectivity index (χ4v) is 4.22. The number of carbonyl (C=O) groups excluding carboxylic acids is 1. The van der Waals surface area contributed by atoms with Crippen LogP contribution < -0.4 is 0 Å². The Morgan fingerprint density at radius 2 is 2.07 bits per heavy atom. The first-order valence-corrected chi connectivity index (χ1v) is 10.4. The van der Waals surface area contributed by atoms with Gasteiger partial charge in [0.15, 0.2) is 0 Å². The summed E-state index contributed by atoms with van der Waals surface area (Å²) in [7, 11) is 0. The number of carbonyl (C=O) groups is 1. The summed E-state index contributed by atoms with van der Waals surface area (Å²) in [6, 6.07) is 4.20. The van der Waals surface area contributed by atoms with Gasteiger partial charge in [-0.15, -0.1) is 0 Å². The van der Waals surface area contributed by atoms with E-state index >= 15 is 0 Å². The molecule has 1 amide bonds. The minimum Gasteiger partial charge on any atom is -0.377 e. The zero-order valence-corrected chi connectivity index (χ0v) is 17.4. The average molecular weight is 385 g/mol. The van der Waals surface area contributed by atoms with Crippen molar-refractivity contribution < 1.29 is 9.53 Å². The molecule has 1 aromatic rings. The maximum absolute atomic E-state index is 12.9. The third kappa shape index (κ3) is 4.65. The van der Waals surface area contributed by atoms with E-state index in [0.717, 1.165) is 69.0 Å². The van der Waals surface area contributed by atoms with Crippen molar-refractivity contribution in [3.8, 4) is 6.07 Å². The average Bonchev–Trinajstić information content (AvgIpc) is 3.30. The number of hydrogen-bond donors (Lipinski definition) is 0. The molecule has 0 aromatic carbocycles. The molecule has 1 unspecified atom stereocenters. The lowest BCUT2D eigenvalue weighted by Crippen LogP contribution is -2.50. The molecule has 0 aliphatic carbocycles. The molecule has 1 atom stereocenters. The summed E-state index contributed by atoms with van der Waals surface area (Å²) in [6.45, 7) is 12.1. The number of rotatable bonds is 6. The summed E-state index contributed by atoms with van der Waals surface area (Å²) in [6.07, 6.45) is 5.44. The van der Waals surface area contributed by atoms with Crippen molar-refractivity contribution in [3.63, 3.8) is 0 Å². The van der Waals surface area contributed by atoms with Crippen LogP contribution in [-0.2, 0) is 16.1 Å². The van der Waals surface area contributed by atoms with Crippen molar-refractivity contribution in [3.05, 3.63) is 28.6 Å². The third-order valence-corrected chi connectivity index (χ3v) is 5.86. The smallest absolute Gasteiger partial charge is 0.264 e. The van der Waals surface area contributed by atoms with E-state index in [1.807, 2.05) is 4.90 Å². The van der Waals surface area contributed by atoms with Crippen molar-refractivity contribution in [2.24, 2.45) is 0 Å². The highest BCUT2D eigenvalue weighted by molar-refractivity contribution is 6.01. The molecular weight excluding hydrogens is 352 g/mol. The molecule has 0 spiro atoms. The molecule has 6 nitrogen and oxygen atoms in total. The lowest BCUT2D eigenvalue weighted by atomic mass is 10.1. The molecule has 0 bridgehead atoms. The number of amides is 1. The van der Waals surface area contributed by atoms with Crippen molar-refractivity contribution >= 4 is 12.0 Å². The Balaban J connectivity index is 1.63. The topological polar surface area (TPSA) is 61.5 Å². The second-order valence-corrected chi connectivity index (χ2v) is 7.88. The molecule has 2 saturated heterocycles. The number of nitriles is 1. The lowest BCUT2D eigenvalue weighted by molar-refractivity contribution is -0.128. The zero-order valence-electron chi connectivity index (χ0n) is 17.4. The Morgan fingerprint density at radius 3 is 2.68 bits per heavy atom. The number of piperazine rings is 1. The molecule has 0 N–H and O–H groups in total. The van der Waals surface area contributed by atoms with Gasteiger partial charge in [0.25, 0.3) is 5.91 Å². The number of hydrogen-bond acceptors (Lipinski definition) is 4. The van der Waals surface area contributed by atoms with Crippen LogP contribution in [0.1, 0.15) is 43.1 Å². The summed E-state index contributed by atoms with van der Waals surface area (Å²) in [4.78, 5) is 17.1. The molecule has 6 heteroatoms. The van der Waals surface area contributed by atoms with Crippen molar-refractivity contribution in [2.75, 3.05) is 39.3 Å². The van der Waals surface area contributed by atoms with E-state index in [0.29, 0.717) is 19.2 Å². The molecule has 0 radical (unpaired) electrons. The van der Waals surface area contributed by atoms with E-state index in [-0.39, 0.29) is 11.5 Å². The number of nitrogens with zero attached hydrogens (tertiary/aromatic N) is 4. The Kier molecular flexibility index (Phi) is 6.93. The van der Waals surface area contributed by atoms with Gasteiger partial charge in [-0.25, -0.2) is 0 Å². The van der Waals surface area contributed by atoms with Crippen LogP contribution in [0.15, 0.2) is 11.6 Å². The predicted molar refractivity (Wildman–Crippen MR) is 110 cm³/mol. The van der Waals surface area contributed by atoms with Crippen LogP contribution in [0.4, 0.5) is 0 Å². The van der Waals surface area contributed by atoms with Crippen LogP contribution in [0.25, 0.3) is 6.08 Å². The van der Waals surface area contributed by atoms with Gasteiger partial charge in [0.05, 0.1) is 6.10 Å². The van der Waals surface area contributed by atoms with E-state index in [1.165, 1.54) is 0 Å². The van der Waals surface area contributed by atoms with Gasteiger partial charge in [0, 0.05) is 57.3 Å². The lowest BCUT2D eigenvalue weighted by Gasteiger charge is -2.35. The monoisotopic (exact) mass is 384 g/mol. The van der Waals surface area contributed by atoms with Gasteiger partial charge >= 0.3 is 0 Å². The normalized spacial score (nSPS) is 21.1. The summed E-state index contributed by atoms with van der Waals surface area (Å²) >= 11 is 0. The van der Waals surface area contributed by atoms with Gasteiger partial charge in [-0.1, -0.05) is 6.92 Å². The van der Waals surface area contributed by atoms with Crippen LogP contribution in [-0.4, -0.2) is 65.7 Å². The van der Waals surface area contributed by atoms with Crippen LogP contribution in [0.2, 0.25) is 0 Å². The van der Waals surface area contributed by atoms with Crippen LogP contribution in [0.5, 0.6) is 0 Å². The van der Waals surface area contributed by atoms with Gasteiger partial charge in [0.1, 0.15) is 11.6 Å². The highest BCUT2D eigenvalue weighted by Gasteiger charge is 2.26. The van der Waals surface area contributed by atoms with Crippen LogP contribution >= 0.6 is 0 Å². The maximum atomic E-state index is 12.9.